The van der Waals surface area contributed by atoms with Crippen LogP contribution >= 0.6 is 0 Å². The number of nitrogens with zero attached hydrogens (tertiary/aromatic N) is 2. The molecule has 0 N–H and O–H groups in total. The summed E-state index contributed by atoms with van der Waals surface area (Å²) in [7, 11) is 0. The third-order valence-corrected chi connectivity index (χ3v) is 3.75. The van der Waals surface area contributed by atoms with E-state index in [1.807, 2.05) is 6.92 Å². The molecule has 118 valence electrons. The van der Waals surface area contributed by atoms with E-state index in [0.29, 0.717) is 24.5 Å². The van der Waals surface area contributed by atoms with Crippen molar-refractivity contribution in [3.63, 3.8) is 0 Å². The minimum Gasteiger partial charge on any atom is -0.480 e. The van der Waals surface area contributed by atoms with Crippen molar-refractivity contribution in [3.8, 4) is 11.8 Å². The Bertz CT molecular complexity index is 551. The summed E-state index contributed by atoms with van der Waals surface area (Å²) in [4.78, 5) is 14.3. The summed E-state index contributed by atoms with van der Waals surface area (Å²) in [6.45, 7) is 5.69. The Morgan fingerprint density at radius 2 is 2.27 bits per heavy atom. The van der Waals surface area contributed by atoms with Gasteiger partial charge in [0.1, 0.15) is 11.8 Å². The van der Waals surface area contributed by atoms with Crippen LogP contribution in [0.5, 0.6) is 5.75 Å². The Kier molecular flexibility index (Phi) is 5.79. The van der Waals surface area contributed by atoms with Crippen LogP contribution in [-0.4, -0.2) is 42.7 Å². The lowest BCUT2D eigenvalue weighted by atomic mass is 10.1. The molecule has 1 aliphatic heterocycles. The van der Waals surface area contributed by atoms with E-state index in [9.17, 15) is 4.79 Å². The van der Waals surface area contributed by atoms with Crippen molar-refractivity contribution in [3.05, 3.63) is 29.8 Å². The quantitative estimate of drug-likeness (QED) is 0.837. The maximum atomic E-state index is 12.5. The SMILES string of the molecule is CCO[C@H]1CCCN(C(=O)[C@H](C)Oc2ccccc2C#N)C1. The number of carbonyl (C=O) groups is 1. The Labute approximate surface area is 131 Å². The van der Waals surface area contributed by atoms with Crippen molar-refractivity contribution in [2.75, 3.05) is 19.7 Å². The van der Waals surface area contributed by atoms with Crippen LogP contribution in [0.1, 0.15) is 32.3 Å². The van der Waals surface area contributed by atoms with Crippen LogP contribution in [0.25, 0.3) is 0 Å². The lowest BCUT2D eigenvalue weighted by molar-refractivity contribution is -0.142. The molecule has 2 atom stereocenters. The zero-order valence-corrected chi connectivity index (χ0v) is 13.1. The molecule has 0 spiro atoms. The summed E-state index contributed by atoms with van der Waals surface area (Å²) in [5.74, 6) is 0.390. The van der Waals surface area contributed by atoms with E-state index in [1.165, 1.54) is 0 Å². The van der Waals surface area contributed by atoms with Crippen LogP contribution in [0.15, 0.2) is 24.3 Å². The topological polar surface area (TPSA) is 62.6 Å². The summed E-state index contributed by atoms with van der Waals surface area (Å²) in [5.41, 5.74) is 0.438. The van der Waals surface area contributed by atoms with Crippen molar-refractivity contribution in [2.24, 2.45) is 0 Å². The average Bonchev–Trinajstić information content (AvgIpc) is 2.55. The van der Waals surface area contributed by atoms with Crippen molar-refractivity contribution >= 4 is 5.91 Å². The molecule has 1 fully saturated rings. The molecule has 1 saturated heterocycles. The summed E-state index contributed by atoms with van der Waals surface area (Å²) in [6.07, 6.45) is 1.43. The highest BCUT2D eigenvalue weighted by Crippen LogP contribution is 2.20. The predicted octanol–water partition coefficient (Wildman–Crippen LogP) is 2.35. The number of rotatable bonds is 5. The van der Waals surface area contributed by atoms with Crippen LogP contribution in [-0.2, 0) is 9.53 Å². The summed E-state index contributed by atoms with van der Waals surface area (Å²) < 4.78 is 11.3. The average molecular weight is 302 g/mol. The van der Waals surface area contributed by atoms with Crippen LogP contribution in [0.4, 0.5) is 0 Å². The lowest BCUT2D eigenvalue weighted by Gasteiger charge is -2.34. The molecule has 1 aromatic carbocycles. The van der Waals surface area contributed by atoms with Gasteiger partial charge < -0.3 is 14.4 Å². The molecular weight excluding hydrogens is 280 g/mol. The second kappa shape index (κ2) is 7.81. The molecule has 0 bridgehead atoms. The van der Waals surface area contributed by atoms with Crippen molar-refractivity contribution in [1.82, 2.24) is 4.90 Å². The maximum absolute atomic E-state index is 12.5. The minimum absolute atomic E-state index is 0.0582. The fourth-order valence-electron chi connectivity index (χ4n) is 2.67. The van der Waals surface area contributed by atoms with E-state index in [2.05, 4.69) is 6.07 Å². The molecule has 0 unspecified atom stereocenters. The molecule has 0 saturated carbocycles. The molecule has 1 aromatic rings. The van der Waals surface area contributed by atoms with Crippen LogP contribution in [0.3, 0.4) is 0 Å². The zero-order valence-electron chi connectivity index (χ0n) is 13.1. The van der Waals surface area contributed by atoms with Gasteiger partial charge in [0.15, 0.2) is 6.10 Å². The lowest BCUT2D eigenvalue weighted by Crippen LogP contribution is -2.48. The second-order valence-corrected chi connectivity index (χ2v) is 5.37. The van der Waals surface area contributed by atoms with E-state index in [1.54, 1.807) is 36.1 Å². The fourth-order valence-corrected chi connectivity index (χ4v) is 2.67. The van der Waals surface area contributed by atoms with Gasteiger partial charge in [-0.3, -0.25) is 4.79 Å². The number of benzene rings is 1. The van der Waals surface area contributed by atoms with Gasteiger partial charge in [-0.2, -0.15) is 5.26 Å². The van der Waals surface area contributed by atoms with Crippen LogP contribution < -0.4 is 4.74 Å². The Hall–Kier alpha value is -2.06. The normalized spacial score (nSPS) is 19.3. The van der Waals surface area contributed by atoms with Gasteiger partial charge in [0.05, 0.1) is 11.7 Å². The van der Waals surface area contributed by atoms with Crippen LogP contribution in [0.2, 0.25) is 0 Å². The van der Waals surface area contributed by atoms with Gasteiger partial charge in [0.2, 0.25) is 0 Å². The van der Waals surface area contributed by atoms with Gasteiger partial charge in [-0.05, 0) is 38.8 Å². The van der Waals surface area contributed by atoms with Gasteiger partial charge in [-0.1, -0.05) is 12.1 Å². The molecule has 0 radical (unpaired) electrons. The third-order valence-electron chi connectivity index (χ3n) is 3.75. The molecule has 1 heterocycles. The van der Waals surface area contributed by atoms with Gasteiger partial charge in [-0.15, -0.1) is 0 Å². The van der Waals surface area contributed by atoms with Crippen LogP contribution in [0, 0.1) is 11.3 Å². The molecule has 5 nitrogen and oxygen atoms in total. The maximum Gasteiger partial charge on any atom is 0.263 e. The Morgan fingerprint density at radius 3 is 3.00 bits per heavy atom. The first-order valence-electron chi connectivity index (χ1n) is 7.71. The number of amides is 1. The Morgan fingerprint density at radius 1 is 1.50 bits per heavy atom. The largest absolute Gasteiger partial charge is 0.480 e. The molecule has 0 aliphatic carbocycles. The number of piperidine rings is 1. The molecular formula is C17H22N2O3. The summed E-state index contributed by atoms with van der Waals surface area (Å²) in [5, 5.41) is 9.07. The summed E-state index contributed by atoms with van der Waals surface area (Å²) in [6, 6.07) is 9.03. The third kappa shape index (κ3) is 3.99. The minimum atomic E-state index is -0.616. The molecule has 2 rings (SSSR count). The molecule has 22 heavy (non-hydrogen) atoms. The smallest absolute Gasteiger partial charge is 0.263 e. The first-order valence-corrected chi connectivity index (χ1v) is 7.71. The molecule has 1 aliphatic rings. The van der Waals surface area contributed by atoms with Gasteiger partial charge in [0, 0.05) is 19.7 Å². The van der Waals surface area contributed by atoms with Crippen molar-refractivity contribution < 1.29 is 14.3 Å². The van der Waals surface area contributed by atoms with Crippen molar-refractivity contribution in [2.45, 2.75) is 38.9 Å². The van der Waals surface area contributed by atoms with Crippen molar-refractivity contribution in [1.29, 1.82) is 5.26 Å². The summed E-state index contributed by atoms with van der Waals surface area (Å²) >= 11 is 0. The van der Waals surface area contributed by atoms with E-state index < -0.39 is 6.10 Å². The number of hydrogen-bond acceptors (Lipinski definition) is 4. The first kappa shape index (κ1) is 16.3. The monoisotopic (exact) mass is 302 g/mol. The number of hydrogen-bond donors (Lipinski definition) is 0. The standard InChI is InChI=1S/C17H22N2O3/c1-3-21-15-8-6-10-19(12-15)17(20)13(2)22-16-9-5-4-7-14(16)11-18/h4-5,7,9,13,15H,3,6,8,10,12H2,1-2H3/t13-,15-/m0/s1. The first-order chi connectivity index (χ1) is 10.7. The van der Waals surface area contributed by atoms with E-state index in [-0.39, 0.29) is 12.0 Å². The highest BCUT2D eigenvalue weighted by molar-refractivity contribution is 5.81. The second-order valence-electron chi connectivity index (χ2n) is 5.37. The number of para-hydroxylation sites is 1. The highest BCUT2D eigenvalue weighted by Gasteiger charge is 2.28. The highest BCUT2D eigenvalue weighted by atomic mass is 16.5. The zero-order chi connectivity index (χ0) is 15.9. The fraction of sp³-hybridized carbons (Fsp3) is 0.529. The predicted molar refractivity (Wildman–Crippen MR) is 82.5 cm³/mol. The van der Waals surface area contributed by atoms with E-state index in [4.69, 9.17) is 14.7 Å². The Balaban J connectivity index is 1.98. The number of nitriles is 1. The molecule has 1 amide bonds. The number of ether oxygens (including phenoxy) is 2. The van der Waals surface area contributed by atoms with E-state index in [0.717, 1.165) is 19.4 Å². The van der Waals surface area contributed by atoms with Gasteiger partial charge in [0.25, 0.3) is 5.91 Å². The number of carbonyl (C=O) groups excluding carboxylic acids is 1. The molecule has 5 heteroatoms. The van der Waals surface area contributed by atoms with E-state index >= 15 is 0 Å². The van der Waals surface area contributed by atoms with Gasteiger partial charge >= 0.3 is 0 Å². The number of likely N-dealkylation sites (tertiary alicyclic amines) is 1. The van der Waals surface area contributed by atoms with Gasteiger partial charge in [-0.25, -0.2) is 0 Å². The molecule has 0 aromatic heterocycles.